The maximum atomic E-state index is 10.6. The van der Waals surface area contributed by atoms with Gasteiger partial charge in [-0.2, -0.15) is 0 Å². The van der Waals surface area contributed by atoms with Crippen LogP contribution >= 0.6 is 27.3 Å². The van der Waals surface area contributed by atoms with Gasteiger partial charge >= 0.3 is 0 Å². The number of anilines is 1. The number of pyridine rings is 1. The number of halogens is 1. The van der Waals surface area contributed by atoms with Crippen molar-refractivity contribution < 1.29 is 4.92 Å². The lowest BCUT2D eigenvalue weighted by molar-refractivity contribution is -0.385. The van der Waals surface area contributed by atoms with Crippen molar-refractivity contribution in [3.05, 3.63) is 43.4 Å². The van der Waals surface area contributed by atoms with Crippen LogP contribution in [-0.2, 0) is 0 Å². The van der Waals surface area contributed by atoms with Gasteiger partial charge in [0, 0.05) is 17.6 Å². The molecule has 6 nitrogen and oxygen atoms in total. The average Bonchev–Trinajstić information content (AvgIpc) is 2.85. The number of hydrogen-bond acceptors (Lipinski definition) is 6. The molecule has 0 bridgehead atoms. The minimum absolute atomic E-state index is 0.00439. The zero-order valence-electron chi connectivity index (χ0n) is 9.33. The standard InChI is InChI=1S/C10H9BrN4O2S/c1-6(10-12-2-3-18-10)14-9-8(11)4-7(5-13-9)15(16)17/h2-6H,1H3,(H,13,14)/t6-/m0/s1. The lowest BCUT2D eigenvalue weighted by Crippen LogP contribution is -2.08. The summed E-state index contributed by atoms with van der Waals surface area (Å²) >= 11 is 4.80. The molecular weight excluding hydrogens is 320 g/mol. The molecule has 1 atom stereocenters. The van der Waals surface area contributed by atoms with Crippen molar-refractivity contribution in [2.45, 2.75) is 13.0 Å². The molecule has 18 heavy (non-hydrogen) atoms. The van der Waals surface area contributed by atoms with Crippen molar-refractivity contribution in [3.8, 4) is 0 Å². The molecule has 0 unspecified atom stereocenters. The van der Waals surface area contributed by atoms with Gasteiger partial charge in [0.05, 0.1) is 15.4 Å². The molecule has 0 saturated heterocycles. The number of aromatic nitrogens is 2. The predicted molar refractivity (Wildman–Crippen MR) is 72.7 cm³/mol. The molecule has 0 aliphatic heterocycles. The lowest BCUT2D eigenvalue weighted by Gasteiger charge is -2.12. The molecule has 0 saturated carbocycles. The highest BCUT2D eigenvalue weighted by atomic mass is 79.9. The van der Waals surface area contributed by atoms with Gasteiger partial charge in [0.15, 0.2) is 0 Å². The molecule has 1 N–H and O–H groups in total. The Morgan fingerprint density at radius 2 is 2.33 bits per heavy atom. The number of rotatable bonds is 4. The third-order valence-electron chi connectivity index (χ3n) is 2.21. The van der Waals surface area contributed by atoms with E-state index in [9.17, 15) is 10.1 Å². The van der Waals surface area contributed by atoms with Gasteiger partial charge in [-0.05, 0) is 22.9 Å². The van der Waals surface area contributed by atoms with Crippen molar-refractivity contribution in [3.63, 3.8) is 0 Å². The number of nitrogens with one attached hydrogen (secondary N) is 1. The third kappa shape index (κ3) is 2.82. The van der Waals surface area contributed by atoms with Crippen molar-refractivity contribution in [2.75, 3.05) is 5.32 Å². The SMILES string of the molecule is C[C@H](Nc1ncc([N+](=O)[O-])cc1Br)c1nccs1. The van der Waals surface area contributed by atoms with Crippen LogP contribution in [0.4, 0.5) is 11.5 Å². The van der Waals surface area contributed by atoms with E-state index >= 15 is 0 Å². The number of hydrogen-bond donors (Lipinski definition) is 1. The molecule has 0 fully saturated rings. The van der Waals surface area contributed by atoms with E-state index in [2.05, 4.69) is 31.2 Å². The summed E-state index contributed by atoms with van der Waals surface area (Å²) in [6.45, 7) is 1.95. The summed E-state index contributed by atoms with van der Waals surface area (Å²) in [5, 5.41) is 16.6. The summed E-state index contributed by atoms with van der Waals surface area (Å²) in [5.74, 6) is 0.559. The summed E-state index contributed by atoms with van der Waals surface area (Å²) in [4.78, 5) is 18.3. The van der Waals surface area contributed by atoms with Crippen LogP contribution in [-0.4, -0.2) is 14.9 Å². The Morgan fingerprint density at radius 3 is 2.89 bits per heavy atom. The number of nitro groups is 1. The largest absolute Gasteiger partial charge is 0.360 e. The van der Waals surface area contributed by atoms with Crippen molar-refractivity contribution in [1.29, 1.82) is 0 Å². The normalized spacial score (nSPS) is 12.1. The maximum absolute atomic E-state index is 10.6. The van der Waals surface area contributed by atoms with E-state index in [0.717, 1.165) is 5.01 Å². The Hall–Kier alpha value is -1.54. The van der Waals surface area contributed by atoms with E-state index in [4.69, 9.17) is 0 Å². The van der Waals surface area contributed by atoms with E-state index in [-0.39, 0.29) is 11.7 Å². The van der Waals surface area contributed by atoms with Crippen molar-refractivity contribution in [2.24, 2.45) is 0 Å². The first-order valence-electron chi connectivity index (χ1n) is 5.04. The quantitative estimate of drug-likeness (QED) is 0.687. The summed E-state index contributed by atoms with van der Waals surface area (Å²) in [5.41, 5.74) is -0.0469. The van der Waals surface area contributed by atoms with Crippen LogP contribution in [0.25, 0.3) is 0 Å². The van der Waals surface area contributed by atoms with Gasteiger partial charge in [-0.15, -0.1) is 11.3 Å². The van der Waals surface area contributed by atoms with Crippen LogP contribution in [0.3, 0.4) is 0 Å². The Morgan fingerprint density at radius 1 is 1.56 bits per heavy atom. The van der Waals surface area contributed by atoms with Crippen LogP contribution in [0.1, 0.15) is 18.0 Å². The average molecular weight is 329 g/mol. The van der Waals surface area contributed by atoms with Gasteiger partial charge in [-0.3, -0.25) is 10.1 Å². The molecule has 0 radical (unpaired) electrons. The van der Waals surface area contributed by atoms with Crippen LogP contribution in [0, 0.1) is 10.1 Å². The summed E-state index contributed by atoms with van der Waals surface area (Å²) < 4.78 is 0.556. The van der Waals surface area contributed by atoms with Gasteiger partial charge in [0.1, 0.15) is 17.0 Å². The van der Waals surface area contributed by atoms with E-state index in [1.165, 1.54) is 23.6 Å². The second-order valence-corrected chi connectivity index (χ2v) is 5.30. The summed E-state index contributed by atoms with van der Waals surface area (Å²) in [7, 11) is 0. The summed E-state index contributed by atoms with van der Waals surface area (Å²) in [6, 6.07) is 1.42. The Bertz CT molecular complexity index is 561. The zero-order valence-corrected chi connectivity index (χ0v) is 11.7. The first-order valence-corrected chi connectivity index (χ1v) is 6.71. The number of nitrogens with zero attached hydrogens (tertiary/aromatic N) is 3. The molecule has 0 aromatic carbocycles. The van der Waals surface area contributed by atoms with Crippen LogP contribution in [0.15, 0.2) is 28.3 Å². The van der Waals surface area contributed by atoms with E-state index in [1.807, 2.05) is 12.3 Å². The Kier molecular flexibility index (Phi) is 3.87. The molecular formula is C10H9BrN4O2S. The lowest BCUT2D eigenvalue weighted by atomic mass is 10.3. The number of thiazole rings is 1. The molecule has 0 aliphatic rings. The van der Waals surface area contributed by atoms with Gasteiger partial charge in [0.25, 0.3) is 5.69 Å². The second-order valence-electron chi connectivity index (χ2n) is 3.52. The first kappa shape index (κ1) is 12.9. The molecule has 94 valence electrons. The van der Waals surface area contributed by atoms with Crippen LogP contribution in [0.5, 0.6) is 0 Å². The highest BCUT2D eigenvalue weighted by Gasteiger charge is 2.14. The molecule has 2 aromatic heterocycles. The zero-order chi connectivity index (χ0) is 13.1. The van der Waals surface area contributed by atoms with Gasteiger partial charge < -0.3 is 5.32 Å². The monoisotopic (exact) mass is 328 g/mol. The van der Waals surface area contributed by atoms with Crippen molar-refractivity contribution in [1.82, 2.24) is 9.97 Å². The van der Waals surface area contributed by atoms with Crippen LogP contribution in [0.2, 0.25) is 0 Å². The Labute approximate surface area is 115 Å². The van der Waals surface area contributed by atoms with Gasteiger partial charge in [0.2, 0.25) is 0 Å². The van der Waals surface area contributed by atoms with Gasteiger partial charge in [-0.1, -0.05) is 0 Å². The molecule has 2 rings (SSSR count). The van der Waals surface area contributed by atoms with E-state index in [0.29, 0.717) is 10.3 Å². The molecule has 2 aromatic rings. The minimum Gasteiger partial charge on any atom is -0.360 e. The highest BCUT2D eigenvalue weighted by molar-refractivity contribution is 9.10. The molecule has 0 spiro atoms. The molecule has 2 heterocycles. The topological polar surface area (TPSA) is 81.0 Å². The predicted octanol–water partition coefficient (Wildman–Crippen LogP) is 3.38. The van der Waals surface area contributed by atoms with Gasteiger partial charge in [-0.25, -0.2) is 9.97 Å². The fraction of sp³-hybridized carbons (Fsp3) is 0.200. The fourth-order valence-corrected chi connectivity index (χ4v) is 2.45. The fourth-order valence-electron chi connectivity index (χ4n) is 1.35. The molecule has 0 aliphatic carbocycles. The van der Waals surface area contributed by atoms with Crippen LogP contribution < -0.4 is 5.32 Å². The maximum Gasteiger partial charge on any atom is 0.288 e. The minimum atomic E-state index is -0.480. The Balaban J connectivity index is 2.17. The molecule has 8 heteroatoms. The summed E-state index contributed by atoms with van der Waals surface area (Å²) in [6.07, 6.45) is 2.96. The van der Waals surface area contributed by atoms with E-state index < -0.39 is 4.92 Å². The second kappa shape index (κ2) is 5.40. The molecule has 0 amide bonds. The first-order chi connectivity index (χ1) is 8.58. The van der Waals surface area contributed by atoms with Crippen molar-refractivity contribution >= 4 is 38.8 Å². The highest BCUT2D eigenvalue weighted by Crippen LogP contribution is 2.28. The van der Waals surface area contributed by atoms with E-state index in [1.54, 1.807) is 6.20 Å². The third-order valence-corrected chi connectivity index (χ3v) is 3.78. The smallest absolute Gasteiger partial charge is 0.288 e.